The standard InChI is InChI=1S/C8H15F2N/c1-6-3-7(2)11(4-6)5-8(9)10/h6-8H,3-5H2,1-2H3. The molecule has 2 atom stereocenters. The van der Waals surface area contributed by atoms with Crippen LogP contribution in [0.1, 0.15) is 20.3 Å². The van der Waals surface area contributed by atoms with Crippen molar-refractivity contribution < 1.29 is 8.78 Å². The van der Waals surface area contributed by atoms with Crippen molar-refractivity contribution in [3.05, 3.63) is 0 Å². The molecule has 11 heavy (non-hydrogen) atoms. The monoisotopic (exact) mass is 163 g/mol. The summed E-state index contributed by atoms with van der Waals surface area (Å²) in [6.45, 7) is 4.92. The van der Waals surface area contributed by atoms with Crippen LogP contribution in [-0.4, -0.2) is 30.5 Å². The molecule has 0 N–H and O–H groups in total. The Bertz CT molecular complexity index is 127. The second-order valence-electron chi connectivity index (χ2n) is 3.53. The van der Waals surface area contributed by atoms with E-state index < -0.39 is 6.43 Å². The minimum atomic E-state index is -2.18. The van der Waals surface area contributed by atoms with E-state index in [1.54, 1.807) is 0 Å². The molecule has 3 heteroatoms. The van der Waals surface area contributed by atoms with E-state index >= 15 is 0 Å². The van der Waals surface area contributed by atoms with Crippen LogP contribution in [0.3, 0.4) is 0 Å². The number of halogens is 2. The fourth-order valence-electron chi connectivity index (χ4n) is 1.82. The summed E-state index contributed by atoms with van der Waals surface area (Å²) in [5.74, 6) is 0.587. The molecule has 0 aromatic heterocycles. The molecule has 0 aromatic rings. The van der Waals surface area contributed by atoms with Crippen molar-refractivity contribution in [3.63, 3.8) is 0 Å². The quantitative estimate of drug-likeness (QED) is 0.601. The average Bonchev–Trinajstić information content (AvgIpc) is 2.09. The Morgan fingerprint density at radius 3 is 2.45 bits per heavy atom. The van der Waals surface area contributed by atoms with Crippen LogP contribution in [0.4, 0.5) is 8.78 Å². The van der Waals surface area contributed by atoms with Crippen molar-refractivity contribution in [2.45, 2.75) is 32.7 Å². The minimum Gasteiger partial charge on any atom is -0.295 e. The molecular weight excluding hydrogens is 148 g/mol. The van der Waals surface area contributed by atoms with E-state index in [-0.39, 0.29) is 6.54 Å². The Morgan fingerprint density at radius 1 is 1.45 bits per heavy atom. The maximum atomic E-state index is 11.9. The highest BCUT2D eigenvalue weighted by atomic mass is 19.3. The second kappa shape index (κ2) is 3.48. The fourth-order valence-corrected chi connectivity index (χ4v) is 1.82. The molecule has 0 aliphatic carbocycles. The summed E-state index contributed by atoms with van der Waals surface area (Å²) >= 11 is 0. The molecule has 0 aromatic carbocycles. The lowest BCUT2D eigenvalue weighted by atomic mass is 10.1. The number of rotatable bonds is 2. The van der Waals surface area contributed by atoms with Gasteiger partial charge in [-0.05, 0) is 19.3 Å². The molecule has 0 amide bonds. The minimum absolute atomic E-state index is 0.0501. The Labute approximate surface area is 66.4 Å². The predicted octanol–water partition coefficient (Wildman–Crippen LogP) is 1.98. The Hall–Kier alpha value is -0.180. The number of hydrogen-bond acceptors (Lipinski definition) is 1. The summed E-state index contributed by atoms with van der Waals surface area (Å²) in [7, 11) is 0. The van der Waals surface area contributed by atoms with E-state index in [4.69, 9.17) is 0 Å². The van der Waals surface area contributed by atoms with Gasteiger partial charge in [0.15, 0.2) is 0 Å². The molecule has 1 fully saturated rings. The molecule has 0 spiro atoms. The van der Waals surface area contributed by atoms with Crippen molar-refractivity contribution >= 4 is 0 Å². The Kier molecular flexibility index (Phi) is 2.82. The summed E-state index contributed by atoms with van der Waals surface area (Å²) in [4.78, 5) is 1.87. The van der Waals surface area contributed by atoms with Crippen LogP contribution in [0.2, 0.25) is 0 Å². The van der Waals surface area contributed by atoms with Gasteiger partial charge in [-0.15, -0.1) is 0 Å². The number of alkyl halides is 2. The van der Waals surface area contributed by atoms with Crippen LogP contribution >= 0.6 is 0 Å². The van der Waals surface area contributed by atoms with Gasteiger partial charge in [-0.3, -0.25) is 4.90 Å². The van der Waals surface area contributed by atoms with Gasteiger partial charge in [-0.2, -0.15) is 0 Å². The van der Waals surface area contributed by atoms with Crippen molar-refractivity contribution in [2.75, 3.05) is 13.1 Å². The first kappa shape index (κ1) is 8.91. The van der Waals surface area contributed by atoms with Gasteiger partial charge in [0, 0.05) is 12.6 Å². The SMILES string of the molecule is CC1CC(C)N(CC(F)F)C1. The molecule has 0 saturated carbocycles. The van der Waals surface area contributed by atoms with E-state index in [1.165, 1.54) is 0 Å². The van der Waals surface area contributed by atoms with Crippen LogP contribution in [0.15, 0.2) is 0 Å². The van der Waals surface area contributed by atoms with Crippen LogP contribution in [0.25, 0.3) is 0 Å². The van der Waals surface area contributed by atoms with Gasteiger partial charge in [-0.25, -0.2) is 8.78 Å². The summed E-state index contributed by atoms with van der Waals surface area (Å²) in [5, 5.41) is 0. The van der Waals surface area contributed by atoms with Gasteiger partial charge < -0.3 is 0 Å². The lowest BCUT2D eigenvalue weighted by molar-refractivity contribution is 0.0845. The first-order chi connectivity index (χ1) is 5.09. The lowest BCUT2D eigenvalue weighted by Gasteiger charge is -2.19. The molecule has 0 bridgehead atoms. The molecular formula is C8H15F2N. The smallest absolute Gasteiger partial charge is 0.251 e. The van der Waals surface area contributed by atoms with Gasteiger partial charge in [0.1, 0.15) is 0 Å². The first-order valence-corrected chi connectivity index (χ1v) is 4.11. The summed E-state index contributed by atoms with van der Waals surface area (Å²) in [6, 6.07) is 0.346. The number of likely N-dealkylation sites (tertiary alicyclic amines) is 1. The zero-order valence-electron chi connectivity index (χ0n) is 7.06. The maximum Gasteiger partial charge on any atom is 0.251 e. The van der Waals surface area contributed by atoms with Crippen molar-refractivity contribution in [2.24, 2.45) is 5.92 Å². The summed E-state index contributed by atoms with van der Waals surface area (Å²) in [6.07, 6.45) is -1.12. The molecule has 1 heterocycles. The van der Waals surface area contributed by atoms with Gasteiger partial charge in [0.05, 0.1) is 6.54 Å². The Morgan fingerprint density at radius 2 is 2.09 bits per heavy atom. The number of hydrogen-bond donors (Lipinski definition) is 0. The third-order valence-corrected chi connectivity index (χ3v) is 2.29. The third kappa shape index (κ3) is 2.40. The highest BCUT2D eigenvalue weighted by molar-refractivity contribution is 4.80. The molecule has 1 aliphatic heterocycles. The molecule has 1 aliphatic rings. The van der Waals surface area contributed by atoms with Crippen LogP contribution in [-0.2, 0) is 0 Å². The van der Waals surface area contributed by atoms with Crippen molar-refractivity contribution in [1.29, 1.82) is 0 Å². The van der Waals surface area contributed by atoms with E-state index in [1.807, 2.05) is 11.8 Å². The van der Waals surface area contributed by atoms with E-state index in [0.29, 0.717) is 12.0 Å². The van der Waals surface area contributed by atoms with E-state index in [9.17, 15) is 8.78 Å². The van der Waals surface area contributed by atoms with Crippen LogP contribution in [0.5, 0.6) is 0 Å². The first-order valence-electron chi connectivity index (χ1n) is 4.11. The molecule has 66 valence electrons. The number of nitrogens with zero attached hydrogens (tertiary/aromatic N) is 1. The van der Waals surface area contributed by atoms with E-state index in [2.05, 4.69) is 6.92 Å². The third-order valence-electron chi connectivity index (χ3n) is 2.29. The van der Waals surface area contributed by atoms with Crippen LogP contribution in [0, 0.1) is 5.92 Å². The largest absolute Gasteiger partial charge is 0.295 e. The fraction of sp³-hybridized carbons (Fsp3) is 1.00. The van der Waals surface area contributed by atoms with Gasteiger partial charge in [0.25, 0.3) is 6.43 Å². The molecule has 1 rings (SSSR count). The molecule has 1 saturated heterocycles. The molecule has 2 unspecified atom stereocenters. The Balaban J connectivity index is 2.34. The maximum absolute atomic E-state index is 11.9. The zero-order chi connectivity index (χ0) is 8.43. The van der Waals surface area contributed by atoms with Crippen LogP contribution < -0.4 is 0 Å². The van der Waals surface area contributed by atoms with Gasteiger partial charge in [0.2, 0.25) is 0 Å². The normalized spacial score (nSPS) is 33.5. The highest BCUT2D eigenvalue weighted by Gasteiger charge is 2.27. The topological polar surface area (TPSA) is 3.24 Å². The zero-order valence-corrected chi connectivity index (χ0v) is 7.06. The predicted molar refractivity (Wildman–Crippen MR) is 40.8 cm³/mol. The molecule has 1 nitrogen and oxygen atoms in total. The van der Waals surface area contributed by atoms with E-state index in [0.717, 1.165) is 13.0 Å². The van der Waals surface area contributed by atoms with Crippen molar-refractivity contribution in [1.82, 2.24) is 4.90 Å². The average molecular weight is 163 g/mol. The lowest BCUT2D eigenvalue weighted by Crippen LogP contribution is -2.31. The summed E-state index contributed by atoms with van der Waals surface area (Å²) < 4.78 is 23.9. The second-order valence-corrected chi connectivity index (χ2v) is 3.53. The van der Waals surface area contributed by atoms with Gasteiger partial charge in [-0.1, -0.05) is 6.92 Å². The highest BCUT2D eigenvalue weighted by Crippen LogP contribution is 2.22. The van der Waals surface area contributed by atoms with Gasteiger partial charge >= 0.3 is 0 Å². The van der Waals surface area contributed by atoms with Crippen molar-refractivity contribution in [3.8, 4) is 0 Å². The summed E-state index contributed by atoms with van der Waals surface area (Å²) in [5.41, 5.74) is 0. The molecule has 0 radical (unpaired) electrons.